The quantitative estimate of drug-likeness (QED) is 0.706. The van der Waals surface area contributed by atoms with Gasteiger partial charge in [-0.3, -0.25) is 9.59 Å². The fraction of sp³-hybridized carbons (Fsp3) is 0.125. The van der Waals surface area contributed by atoms with Gasteiger partial charge in [-0.05, 0) is 36.4 Å². The van der Waals surface area contributed by atoms with Gasteiger partial charge in [-0.15, -0.1) is 0 Å². The number of nitrogens with one attached hydrogen (secondary N) is 2. The molecule has 0 unspecified atom stereocenters. The Bertz CT molecular complexity index is 766. The molecule has 0 radical (unpaired) electrons. The van der Waals surface area contributed by atoms with Crippen LogP contribution in [0.3, 0.4) is 0 Å². The van der Waals surface area contributed by atoms with Crippen molar-refractivity contribution in [1.82, 2.24) is 0 Å². The molecule has 0 aliphatic rings. The molecule has 4 nitrogen and oxygen atoms in total. The third-order valence-corrected chi connectivity index (χ3v) is 4.14. The van der Waals surface area contributed by atoms with E-state index in [9.17, 15) is 9.59 Å². The highest BCUT2D eigenvalue weighted by atomic mass is 79.9. The van der Waals surface area contributed by atoms with Crippen LogP contribution in [0, 0.1) is 0 Å². The molecule has 0 aliphatic carbocycles. The van der Waals surface area contributed by atoms with Crippen LogP contribution in [-0.4, -0.2) is 11.8 Å². The van der Waals surface area contributed by atoms with Gasteiger partial charge in [0.25, 0.3) is 5.91 Å². The number of anilines is 2. The van der Waals surface area contributed by atoms with E-state index < -0.39 is 5.91 Å². The second-order valence-electron chi connectivity index (χ2n) is 4.67. The third-order valence-electron chi connectivity index (χ3n) is 2.99. The van der Waals surface area contributed by atoms with Crippen LogP contribution in [0.4, 0.5) is 11.4 Å². The second-order valence-corrected chi connectivity index (χ2v) is 6.40. The van der Waals surface area contributed by atoms with Crippen molar-refractivity contribution in [2.45, 2.75) is 13.3 Å². The minimum atomic E-state index is -0.392. The van der Waals surface area contributed by atoms with E-state index in [1.165, 1.54) is 0 Å². The van der Waals surface area contributed by atoms with E-state index in [2.05, 4.69) is 26.6 Å². The van der Waals surface area contributed by atoms with Crippen molar-refractivity contribution >= 4 is 62.3 Å². The minimum Gasteiger partial charge on any atom is -0.326 e. The van der Waals surface area contributed by atoms with Crippen LogP contribution >= 0.6 is 39.1 Å². The van der Waals surface area contributed by atoms with Gasteiger partial charge in [0.05, 0.1) is 21.3 Å². The maximum atomic E-state index is 12.4. The summed E-state index contributed by atoms with van der Waals surface area (Å²) in [7, 11) is 0. The largest absolute Gasteiger partial charge is 0.326 e. The number of amides is 2. The lowest BCUT2D eigenvalue weighted by Crippen LogP contribution is -2.14. The Balaban J connectivity index is 2.25. The Morgan fingerprint density at radius 3 is 2.43 bits per heavy atom. The number of hydrogen-bond acceptors (Lipinski definition) is 2. The monoisotopic (exact) mass is 414 g/mol. The van der Waals surface area contributed by atoms with Gasteiger partial charge in [0, 0.05) is 16.6 Å². The average molecular weight is 416 g/mol. The standard InChI is InChI=1S/C16H13BrCl2N2O2/c1-2-15(22)20-10-4-6-13(19)14(8-10)21-16(23)11-7-9(17)3-5-12(11)18/h3-8H,2H2,1H3,(H,20,22)(H,21,23). The molecule has 7 heteroatoms. The summed E-state index contributed by atoms with van der Waals surface area (Å²) in [6.07, 6.45) is 0.359. The van der Waals surface area contributed by atoms with Gasteiger partial charge >= 0.3 is 0 Å². The van der Waals surface area contributed by atoms with Crippen LogP contribution in [0.2, 0.25) is 10.0 Å². The summed E-state index contributed by atoms with van der Waals surface area (Å²) in [5.41, 5.74) is 1.26. The molecule has 0 atom stereocenters. The van der Waals surface area contributed by atoms with Crippen molar-refractivity contribution < 1.29 is 9.59 Å². The van der Waals surface area contributed by atoms with Crippen molar-refractivity contribution in [2.75, 3.05) is 10.6 Å². The van der Waals surface area contributed by atoms with E-state index in [-0.39, 0.29) is 5.91 Å². The number of carbonyl (C=O) groups is 2. The predicted octanol–water partition coefficient (Wildman–Crippen LogP) is 5.36. The zero-order valence-corrected chi connectivity index (χ0v) is 15.2. The van der Waals surface area contributed by atoms with E-state index in [1.807, 2.05) is 0 Å². The Hall–Kier alpha value is -1.56. The Morgan fingerprint density at radius 2 is 1.74 bits per heavy atom. The smallest absolute Gasteiger partial charge is 0.257 e. The number of benzene rings is 2. The molecular formula is C16H13BrCl2N2O2. The van der Waals surface area contributed by atoms with Gasteiger partial charge in [-0.1, -0.05) is 46.1 Å². The fourth-order valence-corrected chi connectivity index (χ4v) is 2.54. The van der Waals surface area contributed by atoms with Crippen molar-refractivity contribution in [3.05, 3.63) is 56.5 Å². The van der Waals surface area contributed by atoms with E-state index in [1.54, 1.807) is 43.3 Å². The van der Waals surface area contributed by atoms with Crippen LogP contribution < -0.4 is 10.6 Å². The van der Waals surface area contributed by atoms with E-state index in [0.717, 1.165) is 4.47 Å². The number of hydrogen-bond donors (Lipinski definition) is 2. The lowest BCUT2D eigenvalue weighted by molar-refractivity contribution is -0.115. The molecule has 0 aliphatic heterocycles. The summed E-state index contributed by atoms with van der Waals surface area (Å²) in [5.74, 6) is -0.517. The van der Waals surface area contributed by atoms with Crippen LogP contribution in [0.25, 0.3) is 0 Å². The number of rotatable bonds is 4. The van der Waals surface area contributed by atoms with Crippen molar-refractivity contribution in [3.8, 4) is 0 Å². The molecule has 23 heavy (non-hydrogen) atoms. The summed E-state index contributed by atoms with van der Waals surface area (Å²) < 4.78 is 0.738. The first-order valence-electron chi connectivity index (χ1n) is 6.76. The van der Waals surface area contributed by atoms with Crippen LogP contribution in [-0.2, 0) is 4.79 Å². The van der Waals surface area contributed by atoms with Crippen LogP contribution in [0.15, 0.2) is 40.9 Å². The topological polar surface area (TPSA) is 58.2 Å². The SMILES string of the molecule is CCC(=O)Nc1ccc(Cl)c(NC(=O)c2cc(Br)ccc2Cl)c1. The molecule has 2 amide bonds. The van der Waals surface area contributed by atoms with Gasteiger partial charge in [-0.2, -0.15) is 0 Å². The molecule has 0 saturated heterocycles. The summed E-state index contributed by atoms with van der Waals surface area (Å²) in [6.45, 7) is 1.75. The molecule has 0 saturated carbocycles. The number of halogens is 3. The van der Waals surface area contributed by atoms with E-state index >= 15 is 0 Å². The average Bonchev–Trinajstić information content (AvgIpc) is 2.52. The van der Waals surface area contributed by atoms with Crippen molar-refractivity contribution in [1.29, 1.82) is 0 Å². The maximum Gasteiger partial charge on any atom is 0.257 e. The lowest BCUT2D eigenvalue weighted by atomic mass is 10.2. The van der Waals surface area contributed by atoms with Crippen LogP contribution in [0.5, 0.6) is 0 Å². The first kappa shape index (κ1) is 17.8. The van der Waals surface area contributed by atoms with Gasteiger partial charge < -0.3 is 10.6 Å². The maximum absolute atomic E-state index is 12.4. The Morgan fingerprint density at radius 1 is 1.04 bits per heavy atom. The Labute approximate surface area is 152 Å². The summed E-state index contributed by atoms with van der Waals surface area (Å²) in [6, 6.07) is 9.85. The highest BCUT2D eigenvalue weighted by Crippen LogP contribution is 2.28. The van der Waals surface area contributed by atoms with Gasteiger partial charge in [0.15, 0.2) is 0 Å². The molecule has 0 heterocycles. The molecule has 2 aromatic rings. The molecular weight excluding hydrogens is 403 g/mol. The summed E-state index contributed by atoms with van der Waals surface area (Å²) >= 11 is 15.4. The molecule has 2 aromatic carbocycles. The van der Waals surface area contributed by atoms with Gasteiger partial charge in [-0.25, -0.2) is 0 Å². The normalized spacial score (nSPS) is 10.3. The van der Waals surface area contributed by atoms with Crippen molar-refractivity contribution in [3.63, 3.8) is 0 Å². The van der Waals surface area contributed by atoms with Gasteiger partial charge in [0.2, 0.25) is 5.91 Å². The highest BCUT2D eigenvalue weighted by molar-refractivity contribution is 9.10. The molecule has 0 fully saturated rings. The molecule has 0 bridgehead atoms. The molecule has 0 spiro atoms. The van der Waals surface area contributed by atoms with Crippen LogP contribution in [0.1, 0.15) is 23.7 Å². The van der Waals surface area contributed by atoms with Crippen molar-refractivity contribution in [2.24, 2.45) is 0 Å². The fourth-order valence-electron chi connectivity index (χ4n) is 1.81. The highest BCUT2D eigenvalue weighted by Gasteiger charge is 2.13. The zero-order chi connectivity index (χ0) is 17.0. The third kappa shape index (κ3) is 4.70. The molecule has 2 N–H and O–H groups in total. The molecule has 0 aromatic heterocycles. The van der Waals surface area contributed by atoms with E-state index in [0.29, 0.717) is 33.4 Å². The summed E-state index contributed by atoms with van der Waals surface area (Å²) in [5, 5.41) is 6.10. The van der Waals surface area contributed by atoms with Gasteiger partial charge in [0.1, 0.15) is 0 Å². The first-order chi connectivity index (χ1) is 10.9. The zero-order valence-electron chi connectivity index (χ0n) is 12.1. The summed E-state index contributed by atoms with van der Waals surface area (Å²) in [4.78, 5) is 23.8. The first-order valence-corrected chi connectivity index (χ1v) is 8.31. The Kier molecular flexibility index (Phi) is 6.04. The lowest BCUT2D eigenvalue weighted by Gasteiger charge is -2.11. The predicted molar refractivity (Wildman–Crippen MR) is 97.5 cm³/mol. The number of carbonyl (C=O) groups excluding carboxylic acids is 2. The minimum absolute atomic E-state index is 0.125. The van der Waals surface area contributed by atoms with E-state index in [4.69, 9.17) is 23.2 Å². The second kappa shape index (κ2) is 7.81. The molecule has 2 rings (SSSR count). The molecule has 120 valence electrons.